The molecular formula is C13H20N2O2S. The Kier molecular flexibility index (Phi) is 3.61. The maximum atomic E-state index is 11.6. The van der Waals surface area contributed by atoms with E-state index in [1.807, 2.05) is 13.8 Å². The highest BCUT2D eigenvalue weighted by molar-refractivity contribution is 7.15. The van der Waals surface area contributed by atoms with Gasteiger partial charge in [0.25, 0.3) is 0 Å². The van der Waals surface area contributed by atoms with E-state index in [4.69, 9.17) is 0 Å². The van der Waals surface area contributed by atoms with E-state index in [0.29, 0.717) is 18.8 Å². The molecule has 0 bridgehead atoms. The van der Waals surface area contributed by atoms with Gasteiger partial charge in [-0.05, 0) is 45.4 Å². The molecule has 0 radical (unpaired) electrons. The largest absolute Gasteiger partial charge is 0.480 e. The third-order valence-electron chi connectivity index (χ3n) is 3.91. The van der Waals surface area contributed by atoms with Crippen LogP contribution in [0.3, 0.4) is 0 Å². The zero-order valence-electron chi connectivity index (χ0n) is 11.1. The van der Waals surface area contributed by atoms with Gasteiger partial charge in [-0.15, -0.1) is 11.3 Å². The molecule has 1 aliphatic rings. The van der Waals surface area contributed by atoms with Crippen LogP contribution >= 0.6 is 11.3 Å². The molecule has 5 heteroatoms. The first-order valence-electron chi connectivity index (χ1n) is 6.38. The minimum Gasteiger partial charge on any atom is -0.480 e. The summed E-state index contributed by atoms with van der Waals surface area (Å²) in [7, 11) is 0. The first-order valence-corrected chi connectivity index (χ1v) is 7.20. The fraction of sp³-hybridized carbons (Fsp3) is 0.692. The summed E-state index contributed by atoms with van der Waals surface area (Å²) >= 11 is 1.54. The number of carbonyl (C=O) groups is 1. The van der Waals surface area contributed by atoms with Gasteiger partial charge in [0, 0.05) is 4.88 Å². The first kappa shape index (κ1) is 13.3. The molecule has 1 aromatic rings. The maximum Gasteiger partial charge on any atom is 0.329 e. The molecule has 0 amide bonds. The summed E-state index contributed by atoms with van der Waals surface area (Å²) in [4.78, 5) is 17.1. The average Bonchev–Trinajstić information content (AvgIpc) is 2.61. The molecule has 0 aliphatic heterocycles. The topological polar surface area (TPSA) is 62.2 Å². The third-order valence-corrected chi connectivity index (χ3v) is 4.90. The highest BCUT2D eigenvalue weighted by Crippen LogP contribution is 2.36. The van der Waals surface area contributed by atoms with Crippen LogP contribution in [0.1, 0.15) is 43.2 Å². The monoisotopic (exact) mass is 268 g/mol. The second-order valence-electron chi connectivity index (χ2n) is 5.36. The van der Waals surface area contributed by atoms with Crippen molar-refractivity contribution in [2.24, 2.45) is 5.92 Å². The molecule has 2 N–H and O–H groups in total. The van der Waals surface area contributed by atoms with E-state index in [2.05, 4.69) is 17.2 Å². The minimum absolute atomic E-state index is 0.624. The Balaban J connectivity index is 2.18. The Morgan fingerprint density at radius 2 is 2.06 bits per heavy atom. The van der Waals surface area contributed by atoms with Crippen molar-refractivity contribution in [2.45, 2.75) is 52.0 Å². The molecule has 1 heterocycles. The number of nitrogens with one attached hydrogen (secondary N) is 1. The van der Waals surface area contributed by atoms with Crippen LogP contribution in [0, 0.1) is 19.8 Å². The quantitative estimate of drug-likeness (QED) is 0.883. The van der Waals surface area contributed by atoms with Crippen molar-refractivity contribution >= 4 is 22.4 Å². The lowest BCUT2D eigenvalue weighted by atomic mass is 9.77. The number of anilines is 1. The second kappa shape index (κ2) is 4.88. The number of aryl methyl sites for hydroxylation is 2. The van der Waals surface area contributed by atoms with Crippen molar-refractivity contribution in [2.75, 3.05) is 5.32 Å². The van der Waals surface area contributed by atoms with Crippen molar-refractivity contribution < 1.29 is 9.90 Å². The van der Waals surface area contributed by atoms with Crippen LogP contribution in [0.4, 0.5) is 5.13 Å². The van der Waals surface area contributed by atoms with Crippen LogP contribution in [0.25, 0.3) is 0 Å². The number of hydrogen-bond donors (Lipinski definition) is 2. The van der Waals surface area contributed by atoms with Gasteiger partial charge >= 0.3 is 5.97 Å². The molecule has 1 aliphatic carbocycles. The van der Waals surface area contributed by atoms with E-state index in [0.717, 1.165) is 28.5 Å². The van der Waals surface area contributed by atoms with Crippen LogP contribution in [-0.2, 0) is 4.79 Å². The van der Waals surface area contributed by atoms with Gasteiger partial charge in [0.2, 0.25) is 0 Å². The molecule has 0 aromatic carbocycles. The summed E-state index contributed by atoms with van der Waals surface area (Å²) in [5.41, 5.74) is 0.163. The molecule has 1 aromatic heterocycles. The van der Waals surface area contributed by atoms with Crippen molar-refractivity contribution in [1.29, 1.82) is 0 Å². The van der Waals surface area contributed by atoms with Crippen LogP contribution in [0.5, 0.6) is 0 Å². The minimum atomic E-state index is -0.816. The molecule has 18 heavy (non-hydrogen) atoms. The number of rotatable bonds is 3. The standard InChI is InChI=1S/C13H20N2O2S/c1-8-4-6-13(7-5-8,11(16)17)15-12-14-9(2)10(3)18-12/h8H,4-7H2,1-3H3,(H,14,15)(H,16,17). The number of carboxylic acids is 1. The Morgan fingerprint density at radius 1 is 1.44 bits per heavy atom. The van der Waals surface area contributed by atoms with E-state index in [9.17, 15) is 9.90 Å². The SMILES string of the molecule is Cc1nc(NC2(C(=O)O)CCC(C)CC2)sc1C. The van der Waals surface area contributed by atoms with Crippen LogP contribution in [0.2, 0.25) is 0 Å². The zero-order chi connectivity index (χ0) is 13.3. The number of thiazole rings is 1. The van der Waals surface area contributed by atoms with Gasteiger partial charge in [0.15, 0.2) is 5.13 Å². The van der Waals surface area contributed by atoms with E-state index in [1.165, 1.54) is 11.3 Å². The van der Waals surface area contributed by atoms with Gasteiger partial charge in [-0.1, -0.05) is 6.92 Å². The number of aromatic nitrogens is 1. The van der Waals surface area contributed by atoms with Crippen LogP contribution < -0.4 is 5.32 Å². The van der Waals surface area contributed by atoms with Crippen molar-refractivity contribution in [3.8, 4) is 0 Å². The van der Waals surface area contributed by atoms with Gasteiger partial charge in [-0.2, -0.15) is 0 Å². The Bertz CT molecular complexity index is 428. The van der Waals surface area contributed by atoms with E-state index < -0.39 is 11.5 Å². The smallest absolute Gasteiger partial charge is 0.329 e. The lowest BCUT2D eigenvalue weighted by molar-refractivity contribution is -0.143. The summed E-state index contributed by atoms with van der Waals surface area (Å²) in [5.74, 6) is -0.126. The highest BCUT2D eigenvalue weighted by Gasteiger charge is 2.41. The lowest BCUT2D eigenvalue weighted by Crippen LogP contribution is -2.48. The van der Waals surface area contributed by atoms with Crippen molar-refractivity contribution in [3.05, 3.63) is 10.6 Å². The predicted octanol–water partition coefficient (Wildman–Crippen LogP) is 3.21. The zero-order valence-corrected chi connectivity index (χ0v) is 11.9. The third kappa shape index (κ3) is 2.51. The van der Waals surface area contributed by atoms with E-state index in [1.54, 1.807) is 0 Å². The molecule has 0 spiro atoms. The molecule has 0 saturated heterocycles. The Hall–Kier alpha value is -1.10. The number of nitrogens with zero attached hydrogens (tertiary/aromatic N) is 1. The molecule has 0 unspecified atom stereocenters. The van der Waals surface area contributed by atoms with Crippen LogP contribution in [0.15, 0.2) is 0 Å². The van der Waals surface area contributed by atoms with Gasteiger partial charge in [0.1, 0.15) is 5.54 Å². The van der Waals surface area contributed by atoms with Crippen molar-refractivity contribution in [3.63, 3.8) is 0 Å². The highest BCUT2D eigenvalue weighted by atomic mass is 32.1. The number of hydrogen-bond acceptors (Lipinski definition) is 4. The van der Waals surface area contributed by atoms with Crippen LogP contribution in [-0.4, -0.2) is 21.6 Å². The Morgan fingerprint density at radius 3 is 2.50 bits per heavy atom. The van der Waals surface area contributed by atoms with E-state index in [-0.39, 0.29) is 0 Å². The molecule has 2 rings (SSSR count). The summed E-state index contributed by atoms with van der Waals surface area (Å²) in [6.07, 6.45) is 3.29. The van der Waals surface area contributed by atoms with Gasteiger partial charge in [-0.3, -0.25) is 0 Å². The molecule has 4 nitrogen and oxygen atoms in total. The molecular weight excluding hydrogens is 248 g/mol. The Labute approximate surface area is 111 Å². The summed E-state index contributed by atoms with van der Waals surface area (Å²) < 4.78 is 0. The first-order chi connectivity index (χ1) is 8.43. The maximum absolute atomic E-state index is 11.6. The summed E-state index contributed by atoms with van der Waals surface area (Å²) in [6.45, 7) is 6.14. The fourth-order valence-electron chi connectivity index (χ4n) is 2.38. The van der Waals surface area contributed by atoms with Gasteiger partial charge < -0.3 is 10.4 Å². The van der Waals surface area contributed by atoms with E-state index >= 15 is 0 Å². The molecule has 100 valence electrons. The number of carboxylic acid groups (broad SMARTS) is 1. The average molecular weight is 268 g/mol. The normalized spacial score (nSPS) is 28.1. The lowest BCUT2D eigenvalue weighted by Gasteiger charge is -2.36. The summed E-state index contributed by atoms with van der Waals surface area (Å²) in [5, 5.41) is 13.4. The summed E-state index contributed by atoms with van der Waals surface area (Å²) in [6, 6.07) is 0. The molecule has 1 fully saturated rings. The molecule has 0 atom stereocenters. The predicted molar refractivity (Wildman–Crippen MR) is 73.2 cm³/mol. The second-order valence-corrected chi connectivity index (χ2v) is 6.56. The van der Waals surface area contributed by atoms with Crippen molar-refractivity contribution in [1.82, 2.24) is 4.98 Å². The van der Waals surface area contributed by atoms with Gasteiger partial charge in [-0.25, -0.2) is 9.78 Å². The fourth-order valence-corrected chi connectivity index (χ4v) is 3.29. The molecule has 1 saturated carbocycles. The van der Waals surface area contributed by atoms with Gasteiger partial charge in [0.05, 0.1) is 5.69 Å². The number of aliphatic carboxylic acids is 1.